The number of rotatable bonds is 3. The number of hydrogen-bond acceptors (Lipinski definition) is 4. The van der Waals surface area contributed by atoms with Gasteiger partial charge in [0.05, 0.1) is 54.3 Å². The van der Waals surface area contributed by atoms with Crippen molar-refractivity contribution in [2.75, 3.05) is 18.0 Å². The number of carbonyl (C=O) groups is 1. The quantitative estimate of drug-likeness (QED) is 0.764. The maximum atomic E-state index is 13.4. The minimum atomic E-state index is -0.475. The average Bonchev–Trinajstić information content (AvgIpc) is 3.06. The largest absolute Gasteiger partial charge is 0.372 e. The number of benzene rings is 1. The van der Waals surface area contributed by atoms with E-state index in [9.17, 15) is 9.18 Å². The number of amides is 1. The fraction of sp³-hybridized carbons (Fsp3) is 0.524. The Hall–Kier alpha value is -2.12. The molecule has 1 aromatic carbocycles. The molecule has 0 unspecified atom stereocenters. The van der Waals surface area contributed by atoms with Crippen molar-refractivity contribution < 1.29 is 13.9 Å². The molecule has 0 spiro atoms. The molecule has 6 nitrogen and oxygen atoms in total. The first-order valence-corrected chi connectivity index (χ1v) is 10.4. The summed E-state index contributed by atoms with van der Waals surface area (Å²) in [4.78, 5) is 17.2. The van der Waals surface area contributed by atoms with E-state index in [0.717, 1.165) is 24.5 Å². The highest BCUT2D eigenvalue weighted by molar-refractivity contribution is 6.30. The standard InChI is InChI=1S/C21H26ClFN4O2/c1-13-9-27-20(19(8-24-27)25-10-14(2)29-15(3)11-25)12-26(13)21(28)7-16-4-5-18(23)17(22)6-16/h4-6,8,13-15H,7,9-12H2,1-3H3/t13-,14-,15-/m0/s1. The summed E-state index contributed by atoms with van der Waals surface area (Å²) in [6.07, 6.45) is 2.40. The van der Waals surface area contributed by atoms with Crippen molar-refractivity contribution in [1.29, 1.82) is 0 Å². The van der Waals surface area contributed by atoms with Crippen molar-refractivity contribution in [3.63, 3.8) is 0 Å². The Morgan fingerprint density at radius 2 is 1.97 bits per heavy atom. The predicted octanol–water partition coefficient (Wildman–Crippen LogP) is 3.26. The molecule has 1 saturated heterocycles. The van der Waals surface area contributed by atoms with Crippen LogP contribution in [0.5, 0.6) is 0 Å². The molecule has 2 aliphatic heterocycles. The lowest BCUT2D eigenvalue weighted by molar-refractivity contribution is -0.134. The van der Waals surface area contributed by atoms with Gasteiger partial charge in [-0.15, -0.1) is 0 Å². The summed E-state index contributed by atoms with van der Waals surface area (Å²) >= 11 is 5.87. The lowest BCUT2D eigenvalue weighted by atomic mass is 10.1. The van der Waals surface area contributed by atoms with Gasteiger partial charge in [-0.2, -0.15) is 5.10 Å². The minimum Gasteiger partial charge on any atom is -0.372 e. The van der Waals surface area contributed by atoms with Gasteiger partial charge in [0.2, 0.25) is 5.91 Å². The predicted molar refractivity (Wildman–Crippen MR) is 110 cm³/mol. The van der Waals surface area contributed by atoms with Crippen molar-refractivity contribution in [1.82, 2.24) is 14.7 Å². The second-order valence-corrected chi connectivity index (χ2v) is 8.52. The number of carbonyl (C=O) groups excluding carboxylic acids is 1. The van der Waals surface area contributed by atoms with Gasteiger partial charge in [-0.1, -0.05) is 17.7 Å². The molecular weight excluding hydrogens is 395 g/mol. The number of anilines is 1. The van der Waals surface area contributed by atoms with Gasteiger partial charge in [-0.05, 0) is 38.5 Å². The number of aromatic nitrogens is 2. The summed E-state index contributed by atoms with van der Waals surface area (Å²) in [5.74, 6) is -0.473. The Morgan fingerprint density at radius 3 is 2.66 bits per heavy atom. The molecule has 1 amide bonds. The van der Waals surface area contributed by atoms with E-state index >= 15 is 0 Å². The number of halogens is 2. The molecule has 2 aliphatic rings. The van der Waals surface area contributed by atoms with E-state index in [-0.39, 0.29) is 35.6 Å². The second kappa shape index (κ2) is 7.95. The third-order valence-electron chi connectivity index (χ3n) is 5.64. The fourth-order valence-electron chi connectivity index (χ4n) is 4.29. The Bertz CT molecular complexity index is 908. The van der Waals surface area contributed by atoms with E-state index in [1.807, 2.05) is 22.7 Å². The molecule has 3 heterocycles. The first-order chi connectivity index (χ1) is 13.8. The lowest BCUT2D eigenvalue weighted by Gasteiger charge is -2.39. The third kappa shape index (κ3) is 4.12. The summed E-state index contributed by atoms with van der Waals surface area (Å²) in [6, 6.07) is 4.47. The van der Waals surface area contributed by atoms with Crippen LogP contribution in [0.4, 0.5) is 10.1 Å². The third-order valence-corrected chi connectivity index (χ3v) is 5.93. The highest BCUT2D eigenvalue weighted by atomic mass is 35.5. The highest BCUT2D eigenvalue weighted by Crippen LogP contribution is 2.29. The molecule has 0 saturated carbocycles. The molecule has 3 atom stereocenters. The van der Waals surface area contributed by atoms with E-state index in [1.54, 1.807) is 6.07 Å². The second-order valence-electron chi connectivity index (χ2n) is 8.12. The Kier molecular flexibility index (Phi) is 5.53. The van der Waals surface area contributed by atoms with Gasteiger partial charge in [0, 0.05) is 19.1 Å². The van der Waals surface area contributed by atoms with Crippen LogP contribution >= 0.6 is 11.6 Å². The molecule has 156 valence electrons. The summed E-state index contributed by atoms with van der Waals surface area (Å²) in [5, 5.41) is 4.61. The van der Waals surface area contributed by atoms with Crippen LogP contribution in [-0.4, -0.2) is 51.9 Å². The summed E-state index contributed by atoms with van der Waals surface area (Å²) < 4.78 is 21.3. The molecule has 2 aromatic rings. The molecular formula is C21H26ClFN4O2. The van der Waals surface area contributed by atoms with E-state index in [1.165, 1.54) is 12.1 Å². The van der Waals surface area contributed by atoms with Crippen LogP contribution in [-0.2, 0) is 29.0 Å². The number of ether oxygens (including phenoxy) is 1. The van der Waals surface area contributed by atoms with Gasteiger partial charge >= 0.3 is 0 Å². The zero-order chi connectivity index (χ0) is 20.7. The molecule has 1 aromatic heterocycles. The number of morpholine rings is 1. The van der Waals surface area contributed by atoms with Gasteiger partial charge in [0.25, 0.3) is 0 Å². The highest BCUT2D eigenvalue weighted by Gasteiger charge is 2.32. The van der Waals surface area contributed by atoms with Crippen LogP contribution in [0.15, 0.2) is 24.4 Å². The smallest absolute Gasteiger partial charge is 0.227 e. The maximum Gasteiger partial charge on any atom is 0.227 e. The average molecular weight is 421 g/mol. The molecule has 4 rings (SSSR count). The summed E-state index contributed by atoms with van der Waals surface area (Å²) in [5.41, 5.74) is 2.83. The first kappa shape index (κ1) is 20.2. The topological polar surface area (TPSA) is 50.6 Å². The Morgan fingerprint density at radius 1 is 1.24 bits per heavy atom. The van der Waals surface area contributed by atoms with Crippen molar-refractivity contribution in [2.45, 2.75) is 58.5 Å². The van der Waals surface area contributed by atoms with Crippen LogP contribution in [0.1, 0.15) is 32.0 Å². The van der Waals surface area contributed by atoms with Crippen molar-refractivity contribution in [2.24, 2.45) is 0 Å². The van der Waals surface area contributed by atoms with Gasteiger partial charge < -0.3 is 14.5 Å². The van der Waals surface area contributed by atoms with E-state index < -0.39 is 5.82 Å². The lowest BCUT2D eigenvalue weighted by Crippen LogP contribution is -2.48. The van der Waals surface area contributed by atoms with E-state index in [0.29, 0.717) is 18.7 Å². The van der Waals surface area contributed by atoms with Gasteiger partial charge in [-0.3, -0.25) is 9.48 Å². The summed E-state index contributed by atoms with van der Waals surface area (Å²) in [6.45, 7) is 8.94. The number of hydrogen-bond donors (Lipinski definition) is 0. The van der Waals surface area contributed by atoms with Crippen molar-refractivity contribution in [3.05, 3.63) is 46.5 Å². The molecule has 0 aliphatic carbocycles. The normalized spacial score (nSPS) is 24.5. The van der Waals surface area contributed by atoms with Gasteiger partial charge in [0.1, 0.15) is 5.82 Å². The van der Waals surface area contributed by atoms with Gasteiger partial charge in [0.15, 0.2) is 0 Å². The molecule has 0 bridgehead atoms. The molecule has 1 fully saturated rings. The van der Waals surface area contributed by atoms with Crippen LogP contribution < -0.4 is 4.90 Å². The monoisotopic (exact) mass is 420 g/mol. The SMILES string of the molecule is C[C@H]1CN(c2cnn3c2CN(C(=O)Cc2ccc(F)c(Cl)c2)[C@@H](C)C3)C[C@H](C)O1. The minimum absolute atomic E-state index is 0.00212. The number of fused-ring (bicyclic) bond motifs is 1. The van der Waals surface area contributed by atoms with Crippen LogP contribution in [0.25, 0.3) is 0 Å². The first-order valence-electron chi connectivity index (χ1n) is 10.00. The summed E-state index contributed by atoms with van der Waals surface area (Å²) in [7, 11) is 0. The zero-order valence-electron chi connectivity index (χ0n) is 16.9. The van der Waals surface area contributed by atoms with Crippen LogP contribution in [0.2, 0.25) is 5.02 Å². The fourth-order valence-corrected chi connectivity index (χ4v) is 4.49. The maximum absolute atomic E-state index is 13.4. The Balaban J connectivity index is 1.53. The molecule has 29 heavy (non-hydrogen) atoms. The van der Waals surface area contributed by atoms with Crippen LogP contribution in [0.3, 0.4) is 0 Å². The van der Waals surface area contributed by atoms with E-state index in [2.05, 4.69) is 23.8 Å². The van der Waals surface area contributed by atoms with E-state index in [4.69, 9.17) is 16.3 Å². The molecule has 0 radical (unpaired) electrons. The Labute approximate surface area is 175 Å². The van der Waals surface area contributed by atoms with Crippen molar-refractivity contribution >= 4 is 23.2 Å². The molecule has 0 N–H and O–H groups in total. The molecule has 8 heteroatoms. The van der Waals surface area contributed by atoms with Gasteiger partial charge in [-0.25, -0.2) is 4.39 Å². The van der Waals surface area contributed by atoms with Crippen molar-refractivity contribution in [3.8, 4) is 0 Å². The zero-order valence-corrected chi connectivity index (χ0v) is 17.7. The number of nitrogens with zero attached hydrogens (tertiary/aromatic N) is 4. The van der Waals surface area contributed by atoms with Crippen LogP contribution in [0, 0.1) is 5.82 Å².